The van der Waals surface area contributed by atoms with Crippen LogP contribution < -0.4 is 10.1 Å². The number of para-hydroxylation sites is 1. The number of β-amino-alcohol motifs (C(OH)–C–C–N with tert-alkyl or cyclic N) is 1. The lowest BCUT2D eigenvalue weighted by molar-refractivity contribution is 0.0648. The van der Waals surface area contributed by atoms with E-state index in [2.05, 4.69) is 5.32 Å². The Balaban J connectivity index is 2.28. The molecular formula is C14H23NO3. The summed E-state index contributed by atoms with van der Waals surface area (Å²) in [5.74, 6) is 0.742. The van der Waals surface area contributed by atoms with Crippen molar-refractivity contribution in [3.8, 4) is 5.75 Å². The fourth-order valence-corrected chi connectivity index (χ4v) is 1.30. The SMILES string of the molecule is CC(O)C(C)(C)NCC(O)COc1ccccc1. The summed E-state index contributed by atoms with van der Waals surface area (Å²) in [5.41, 5.74) is -0.423. The van der Waals surface area contributed by atoms with Crippen molar-refractivity contribution in [2.45, 2.75) is 38.5 Å². The van der Waals surface area contributed by atoms with Crippen LogP contribution in [0.1, 0.15) is 20.8 Å². The van der Waals surface area contributed by atoms with Gasteiger partial charge in [0.05, 0.1) is 6.10 Å². The van der Waals surface area contributed by atoms with Crippen LogP contribution in [0.3, 0.4) is 0 Å². The minimum Gasteiger partial charge on any atom is -0.491 e. The first-order valence-corrected chi connectivity index (χ1v) is 6.21. The highest BCUT2D eigenvalue weighted by atomic mass is 16.5. The molecule has 1 aromatic carbocycles. The molecule has 0 aromatic heterocycles. The number of hydrogen-bond donors (Lipinski definition) is 3. The number of rotatable bonds is 7. The van der Waals surface area contributed by atoms with Crippen molar-refractivity contribution >= 4 is 0 Å². The fourth-order valence-electron chi connectivity index (χ4n) is 1.30. The molecule has 0 radical (unpaired) electrons. The summed E-state index contributed by atoms with van der Waals surface area (Å²) in [6, 6.07) is 9.38. The van der Waals surface area contributed by atoms with Gasteiger partial charge < -0.3 is 20.3 Å². The van der Waals surface area contributed by atoms with Crippen molar-refractivity contribution in [3.63, 3.8) is 0 Å². The van der Waals surface area contributed by atoms with E-state index in [0.29, 0.717) is 6.54 Å². The predicted octanol–water partition coefficient (Wildman–Crippen LogP) is 1.18. The molecule has 2 unspecified atom stereocenters. The molecule has 0 amide bonds. The van der Waals surface area contributed by atoms with Gasteiger partial charge in [-0.3, -0.25) is 0 Å². The van der Waals surface area contributed by atoms with Gasteiger partial charge in [-0.25, -0.2) is 0 Å². The van der Waals surface area contributed by atoms with E-state index in [-0.39, 0.29) is 6.61 Å². The summed E-state index contributed by atoms with van der Waals surface area (Å²) in [6.45, 7) is 6.11. The summed E-state index contributed by atoms with van der Waals surface area (Å²) in [7, 11) is 0. The Morgan fingerprint density at radius 2 is 1.83 bits per heavy atom. The maximum atomic E-state index is 9.79. The average Bonchev–Trinajstić information content (AvgIpc) is 2.35. The van der Waals surface area contributed by atoms with Crippen LogP contribution in [0.2, 0.25) is 0 Å². The molecule has 4 heteroatoms. The Bertz CT molecular complexity index is 338. The van der Waals surface area contributed by atoms with E-state index >= 15 is 0 Å². The summed E-state index contributed by atoms with van der Waals surface area (Å²) in [5, 5.41) is 22.4. The van der Waals surface area contributed by atoms with Crippen LogP contribution in [0.15, 0.2) is 30.3 Å². The Morgan fingerprint density at radius 1 is 1.22 bits per heavy atom. The van der Waals surface area contributed by atoms with Crippen LogP contribution in [-0.4, -0.2) is 41.1 Å². The highest BCUT2D eigenvalue weighted by Gasteiger charge is 2.24. The van der Waals surface area contributed by atoms with Gasteiger partial charge in [-0.1, -0.05) is 18.2 Å². The second-order valence-corrected chi connectivity index (χ2v) is 5.06. The normalized spacial score (nSPS) is 15.2. The molecule has 0 heterocycles. The monoisotopic (exact) mass is 253 g/mol. The van der Waals surface area contributed by atoms with Gasteiger partial charge in [-0.05, 0) is 32.9 Å². The van der Waals surface area contributed by atoms with Gasteiger partial charge in [0.15, 0.2) is 0 Å². The first-order chi connectivity index (χ1) is 8.42. The van der Waals surface area contributed by atoms with E-state index in [9.17, 15) is 10.2 Å². The van der Waals surface area contributed by atoms with Crippen molar-refractivity contribution in [3.05, 3.63) is 30.3 Å². The number of ether oxygens (including phenoxy) is 1. The summed E-state index contributed by atoms with van der Waals surface area (Å²) in [4.78, 5) is 0. The average molecular weight is 253 g/mol. The van der Waals surface area contributed by atoms with E-state index < -0.39 is 17.7 Å². The lowest BCUT2D eigenvalue weighted by atomic mass is 9.99. The number of hydrogen-bond acceptors (Lipinski definition) is 4. The molecule has 0 saturated heterocycles. The Labute approximate surface area is 109 Å². The van der Waals surface area contributed by atoms with Crippen LogP contribution in [0.4, 0.5) is 0 Å². The van der Waals surface area contributed by atoms with E-state index in [0.717, 1.165) is 5.75 Å². The molecule has 1 rings (SSSR count). The molecule has 3 N–H and O–H groups in total. The minimum atomic E-state index is -0.608. The minimum absolute atomic E-state index is 0.229. The van der Waals surface area contributed by atoms with E-state index in [1.807, 2.05) is 44.2 Å². The topological polar surface area (TPSA) is 61.7 Å². The van der Waals surface area contributed by atoms with Gasteiger partial charge in [0, 0.05) is 12.1 Å². The second kappa shape index (κ2) is 6.73. The molecular weight excluding hydrogens is 230 g/mol. The quantitative estimate of drug-likeness (QED) is 0.683. The molecule has 4 nitrogen and oxygen atoms in total. The number of aliphatic hydroxyl groups is 2. The van der Waals surface area contributed by atoms with Gasteiger partial charge in [0.25, 0.3) is 0 Å². The summed E-state index contributed by atoms with van der Waals surface area (Å²) < 4.78 is 5.44. The van der Waals surface area contributed by atoms with Gasteiger partial charge in [-0.15, -0.1) is 0 Å². The molecule has 0 bridgehead atoms. The van der Waals surface area contributed by atoms with Gasteiger partial charge in [0.2, 0.25) is 0 Å². The summed E-state index contributed by atoms with van der Waals surface area (Å²) >= 11 is 0. The maximum Gasteiger partial charge on any atom is 0.119 e. The molecule has 0 saturated carbocycles. The molecule has 102 valence electrons. The van der Waals surface area contributed by atoms with E-state index in [1.165, 1.54) is 0 Å². The van der Waals surface area contributed by atoms with Gasteiger partial charge in [0.1, 0.15) is 18.5 Å². The predicted molar refractivity (Wildman–Crippen MR) is 71.7 cm³/mol. The highest BCUT2D eigenvalue weighted by molar-refractivity contribution is 5.20. The fraction of sp³-hybridized carbons (Fsp3) is 0.571. The lowest BCUT2D eigenvalue weighted by Gasteiger charge is -2.30. The largest absolute Gasteiger partial charge is 0.491 e. The lowest BCUT2D eigenvalue weighted by Crippen LogP contribution is -2.51. The third kappa shape index (κ3) is 5.04. The molecule has 0 fully saturated rings. The Morgan fingerprint density at radius 3 is 2.39 bits per heavy atom. The molecule has 0 aliphatic rings. The number of nitrogens with one attached hydrogen (secondary N) is 1. The van der Waals surface area contributed by atoms with Crippen molar-refractivity contribution in [2.24, 2.45) is 0 Å². The smallest absolute Gasteiger partial charge is 0.119 e. The van der Waals surface area contributed by atoms with Crippen LogP contribution in [-0.2, 0) is 0 Å². The standard InChI is InChI=1S/C14H23NO3/c1-11(16)14(2,3)15-9-12(17)10-18-13-7-5-4-6-8-13/h4-8,11-12,15-17H,9-10H2,1-3H3. The second-order valence-electron chi connectivity index (χ2n) is 5.06. The maximum absolute atomic E-state index is 9.79. The molecule has 1 aromatic rings. The van der Waals surface area contributed by atoms with E-state index in [1.54, 1.807) is 6.92 Å². The third-order valence-electron chi connectivity index (χ3n) is 3.02. The summed E-state index contributed by atoms with van der Waals surface area (Å²) in [6.07, 6.45) is -1.09. The van der Waals surface area contributed by atoms with Crippen LogP contribution >= 0.6 is 0 Å². The molecule has 2 atom stereocenters. The molecule has 18 heavy (non-hydrogen) atoms. The Hall–Kier alpha value is -1.10. The molecule has 0 aliphatic heterocycles. The molecule has 0 spiro atoms. The first-order valence-electron chi connectivity index (χ1n) is 6.21. The number of aliphatic hydroxyl groups excluding tert-OH is 2. The van der Waals surface area contributed by atoms with Crippen LogP contribution in [0, 0.1) is 0 Å². The highest BCUT2D eigenvalue weighted by Crippen LogP contribution is 2.10. The van der Waals surface area contributed by atoms with Crippen molar-refractivity contribution in [1.82, 2.24) is 5.32 Å². The number of benzene rings is 1. The van der Waals surface area contributed by atoms with E-state index in [4.69, 9.17) is 4.74 Å². The van der Waals surface area contributed by atoms with Crippen molar-refractivity contribution < 1.29 is 14.9 Å². The Kier molecular flexibility index (Phi) is 5.59. The zero-order valence-electron chi connectivity index (χ0n) is 11.3. The zero-order valence-corrected chi connectivity index (χ0v) is 11.3. The third-order valence-corrected chi connectivity index (χ3v) is 3.02. The molecule has 0 aliphatic carbocycles. The first kappa shape index (κ1) is 15.0. The van der Waals surface area contributed by atoms with Crippen molar-refractivity contribution in [1.29, 1.82) is 0 Å². The van der Waals surface area contributed by atoms with Crippen LogP contribution in [0.5, 0.6) is 5.75 Å². The van der Waals surface area contributed by atoms with Crippen LogP contribution in [0.25, 0.3) is 0 Å². The van der Waals surface area contributed by atoms with Crippen molar-refractivity contribution in [2.75, 3.05) is 13.2 Å². The zero-order chi connectivity index (χ0) is 13.6. The van der Waals surface area contributed by atoms with Gasteiger partial charge >= 0.3 is 0 Å². The van der Waals surface area contributed by atoms with Gasteiger partial charge in [-0.2, -0.15) is 0 Å².